The summed E-state index contributed by atoms with van der Waals surface area (Å²) < 4.78 is 54.2. The Balaban J connectivity index is 1.43. The Bertz CT molecular complexity index is 1240. The van der Waals surface area contributed by atoms with E-state index in [1.807, 2.05) is 0 Å². The first-order valence-electron chi connectivity index (χ1n) is 10.5. The number of aromatic nitrogens is 1. The van der Waals surface area contributed by atoms with E-state index in [1.165, 1.54) is 10.8 Å². The zero-order valence-electron chi connectivity index (χ0n) is 17.2. The number of pyridine rings is 1. The van der Waals surface area contributed by atoms with E-state index in [1.54, 1.807) is 4.90 Å². The number of carbonyl (C=O) groups is 2. The minimum atomic E-state index is -4.83. The molecule has 1 saturated heterocycles. The molecule has 2 N–H and O–H groups in total. The molecule has 2 fully saturated rings. The Morgan fingerprint density at radius 1 is 1.21 bits per heavy atom. The SMILES string of the molecule is O=C(NCc1ccc(F)cc1C(F)(F)F)c1cn2c(c(O)c1=O)C(=O)N1[C@H]3CC[C@H](C3)[C@@H]1C2. The van der Waals surface area contributed by atoms with Crippen molar-refractivity contribution in [3.63, 3.8) is 0 Å². The molecule has 174 valence electrons. The number of hydrogen-bond donors (Lipinski definition) is 2. The quantitative estimate of drug-likeness (QED) is 0.682. The standard InChI is InChI=1S/C22H19F4N3O4/c23-12-3-1-11(15(6-12)22(24,25)26)7-27-20(32)14-8-28-9-16-10-2-4-13(5-10)29(16)21(33)17(28)19(31)18(14)30/h1,3,6,8,10,13,16,31H,2,4-5,7,9H2,(H,27,32)/t10-,13+,16+/m1/s1. The normalized spacial score (nSPS) is 23.5. The Morgan fingerprint density at radius 3 is 2.70 bits per heavy atom. The second-order valence-electron chi connectivity index (χ2n) is 8.71. The fraction of sp³-hybridized carbons (Fsp3) is 0.409. The molecule has 3 heterocycles. The van der Waals surface area contributed by atoms with Crippen LogP contribution < -0.4 is 10.7 Å². The van der Waals surface area contributed by atoms with Gasteiger partial charge in [0.25, 0.3) is 11.8 Å². The van der Waals surface area contributed by atoms with Crippen LogP contribution in [-0.4, -0.2) is 38.5 Å². The van der Waals surface area contributed by atoms with E-state index >= 15 is 0 Å². The van der Waals surface area contributed by atoms with Crippen molar-refractivity contribution in [1.29, 1.82) is 0 Å². The van der Waals surface area contributed by atoms with Gasteiger partial charge in [0.05, 0.1) is 11.6 Å². The van der Waals surface area contributed by atoms with Crippen LogP contribution in [0.2, 0.25) is 0 Å². The van der Waals surface area contributed by atoms with Crippen LogP contribution in [0.1, 0.15) is 51.2 Å². The summed E-state index contributed by atoms with van der Waals surface area (Å²) in [5.74, 6) is -3.08. The maximum absolute atomic E-state index is 13.3. The molecule has 2 aromatic rings. The number of nitrogens with zero attached hydrogens (tertiary/aromatic N) is 2. The predicted octanol–water partition coefficient (Wildman–Crippen LogP) is 2.65. The lowest BCUT2D eigenvalue weighted by molar-refractivity contribution is -0.138. The smallest absolute Gasteiger partial charge is 0.416 e. The summed E-state index contributed by atoms with van der Waals surface area (Å²) in [5.41, 5.74) is -3.37. The Kier molecular flexibility index (Phi) is 4.77. The number of hydrogen-bond acceptors (Lipinski definition) is 4. The highest BCUT2D eigenvalue weighted by Crippen LogP contribution is 2.45. The molecule has 0 unspecified atom stereocenters. The topological polar surface area (TPSA) is 91.6 Å². The summed E-state index contributed by atoms with van der Waals surface area (Å²) in [4.78, 5) is 40.0. The first-order chi connectivity index (χ1) is 15.6. The molecule has 5 rings (SSSR count). The molecule has 1 aliphatic carbocycles. The second-order valence-corrected chi connectivity index (χ2v) is 8.71. The highest BCUT2D eigenvalue weighted by Gasteiger charge is 2.51. The van der Waals surface area contributed by atoms with E-state index in [9.17, 15) is 37.1 Å². The van der Waals surface area contributed by atoms with Crippen LogP contribution in [0, 0.1) is 11.7 Å². The molecule has 0 spiro atoms. The highest BCUT2D eigenvalue weighted by molar-refractivity contribution is 5.99. The number of benzene rings is 1. The molecule has 3 aliphatic rings. The molecule has 1 saturated carbocycles. The molecule has 2 amide bonds. The number of fused-ring (bicyclic) bond motifs is 6. The van der Waals surface area contributed by atoms with Gasteiger partial charge in [-0.05, 0) is 42.9 Å². The summed E-state index contributed by atoms with van der Waals surface area (Å²) in [7, 11) is 0. The van der Waals surface area contributed by atoms with Gasteiger partial charge in [0.1, 0.15) is 11.4 Å². The third-order valence-corrected chi connectivity index (χ3v) is 6.88. The lowest BCUT2D eigenvalue weighted by Gasteiger charge is -2.40. The van der Waals surface area contributed by atoms with E-state index in [2.05, 4.69) is 5.32 Å². The van der Waals surface area contributed by atoms with Crippen molar-refractivity contribution in [3.8, 4) is 5.75 Å². The number of alkyl halides is 3. The Labute approximate surface area is 184 Å². The van der Waals surface area contributed by atoms with Crippen LogP contribution in [-0.2, 0) is 19.3 Å². The van der Waals surface area contributed by atoms with E-state index in [0.29, 0.717) is 18.5 Å². The van der Waals surface area contributed by atoms with Crippen molar-refractivity contribution >= 4 is 11.8 Å². The summed E-state index contributed by atoms with van der Waals surface area (Å²) in [6.45, 7) is -0.304. The molecular weight excluding hydrogens is 446 g/mol. The first kappa shape index (κ1) is 21.5. The van der Waals surface area contributed by atoms with Gasteiger partial charge in [0, 0.05) is 25.3 Å². The number of piperidine rings is 1. The first-order valence-corrected chi connectivity index (χ1v) is 10.5. The van der Waals surface area contributed by atoms with Gasteiger partial charge in [-0.15, -0.1) is 0 Å². The third-order valence-electron chi connectivity index (χ3n) is 6.88. The van der Waals surface area contributed by atoms with E-state index in [4.69, 9.17) is 0 Å². The summed E-state index contributed by atoms with van der Waals surface area (Å²) >= 11 is 0. The average Bonchev–Trinajstić information content (AvgIpc) is 3.36. The zero-order valence-corrected chi connectivity index (χ0v) is 17.2. The predicted molar refractivity (Wildman–Crippen MR) is 106 cm³/mol. The van der Waals surface area contributed by atoms with E-state index in [0.717, 1.165) is 31.4 Å². The number of rotatable bonds is 3. The lowest BCUT2D eigenvalue weighted by Crippen LogP contribution is -2.52. The third kappa shape index (κ3) is 3.37. The molecule has 11 heteroatoms. The molecule has 1 aromatic carbocycles. The summed E-state index contributed by atoms with van der Waals surface area (Å²) in [6, 6.07) is 2.06. The minimum absolute atomic E-state index is 0.0808. The van der Waals surface area contributed by atoms with Crippen LogP contribution in [0.25, 0.3) is 0 Å². The fourth-order valence-corrected chi connectivity index (χ4v) is 5.39. The molecule has 33 heavy (non-hydrogen) atoms. The van der Waals surface area contributed by atoms with Crippen LogP contribution in [0.5, 0.6) is 5.75 Å². The van der Waals surface area contributed by atoms with Gasteiger partial charge in [0.15, 0.2) is 11.4 Å². The van der Waals surface area contributed by atoms with E-state index in [-0.39, 0.29) is 23.3 Å². The van der Waals surface area contributed by atoms with Gasteiger partial charge in [-0.1, -0.05) is 6.07 Å². The lowest BCUT2D eigenvalue weighted by atomic mass is 9.95. The van der Waals surface area contributed by atoms with Crippen LogP contribution >= 0.6 is 0 Å². The molecule has 3 atom stereocenters. The van der Waals surface area contributed by atoms with Crippen molar-refractivity contribution in [2.75, 3.05) is 0 Å². The van der Waals surface area contributed by atoms with Crippen LogP contribution in [0.15, 0.2) is 29.2 Å². The van der Waals surface area contributed by atoms with Crippen LogP contribution in [0.4, 0.5) is 17.6 Å². The highest BCUT2D eigenvalue weighted by atomic mass is 19.4. The maximum Gasteiger partial charge on any atom is 0.416 e. The monoisotopic (exact) mass is 465 g/mol. The van der Waals surface area contributed by atoms with Crippen LogP contribution in [0.3, 0.4) is 0 Å². The largest absolute Gasteiger partial charge is 0.503 e. The minimum Gasteiger partial charge on any atom is -0.503 e. The summed E-state index contributed by atoms with van der Waals surface area (Å²) in [5, 5.41) is 12.7. The van der Waals surface area contributed by atoms with Crippen molar-refractivity contribution in [2.24, 2.45) is 5.92 Å². The second kappa shape index (κ2) is 7.32. The van der Waals surface area contributed by atoms with Gasteiger partial charge >= 0.3 is 6.18 Å². The number of halogens is 4. The number of nitrogens with one attached hydrogen (secondary N) is 1. The number of amides is 2. The molecule has 1 aromatic heterocycles. The summed E-state index contributed by atoms with van der Waals surface area (Å²) in [6.07, 6.45) is -0.945. The van der Waals surface area contributed by atoms with Gasteiger partial charge in [-0.2, -0.15) is 13.2 Å². The van der Waals surface area contributed by atoms with Gasteiger partial charge in [-0.25, -0.2) is 4.39 Å². The van der Waals surface area contributed by atoms with Gasteiger partial charge in [-0.3, -0.25) is 14.4 Å². The molecule has 2 bridgehead atoms. The molecule has 7 nitrogen and oxygen atoms in total. The number of carbonyl (C=O) groups excluding carboxylic acids is 2. The zero-order chi connectivity index (χ0) is 23.7. The maximum atomic E-state index is 13.3. The van der Waals surface area contributed by atoms with Gasteiger partial charge < -0.3 is 19.9 Å². The van der Waals surface area contributed by atoms with Crippen molar-refractivity contribution in [3.05, 3.63) is 62.8 Å². The fourth-order valence-electron chi connectivity index (χ4n) is 5.39. The van der Waals surface area contributed by atoms with Crippen molar-refractivity contribution in [2.45, 2.75) is 50.6 Å². The molecule has 2 aliphatic heterocycles. The Morgan fingerprint density at radius 2 is 1.97 bits per heavy atom. The number of aromatic hydroxyl groups is 1. The molecular formula is C22H19F4N3O4. The van der Waals surface area contributed by atoms with Crippen molar-refractivity contribution < 1.29 is 32.3 Å². The Hall–Kier alpha value is -3.37. The van der Waals surface area contributed by atoms with Crippen molar-refractivity contribution in [1.82, 2.24) is 14.8 Å². The van der Waals surface area contributed by atoms with Gasteiger partial charge in [0.2, 0.25) is 5.43 Å². The van der Waals surface area contributed by atoms with E-state index < -0.39 is 52.7 Å². The molecule has 0 radical (unpaired) electrons. The average molecular weight is 465 g/mol.